The molecule has 110 valence electrons. The van der Waals surface area contributed by atoms with E-state index in [0.29, 0.717) is 0 Å². The highest BCUT2D eigenvalue weighted by atomic mass is 16.4. The third-order valence-electron chi connectivity index (χ3n) is 2.10. The summed E-state index contributed by atoms with van der Waals surface area (Å²) in [5, 5.41) is 55.0. The Morgan fingerprint density at radius 1 is 1.00 bits per heavy atom. The van der Waals surface area contributed by atoms with Crippen LogP contribution in [0.5, 0.6) is 0 Å². The molecule has 4 atom stereocenters. The number of aliphatic hydroxyl groups excluding tert-OH is 5. The van der Waals surface area contributed by atoms with Crippen molar-refractivity contribution < 1.29 is 45.0 Å². The largest absolute Gasteiger partial charge is 0.481 e. The Hall–Kier alpha value is -1.59. The molecule has 10 heteroatoms. The third-order valence-corrected chi connectivity index (χ3v) is 2.10. The van der Waals surface area contributed by atoms with Crippen molar-refractivity contribution >= 4 is 17.8 Å². The van der Waals surface area contributed by atoms with Gasteiger partial charge in [0.25, 0.3) is 5.91 Å². The molecule has 0 aromatic rings. The monoisotopic (exact) mass is 281 g/mol. The first-order valence-corrected chi connectivity index (χ1v) is 5.09. The number of rotatable bonds is 7. The predicted molar refractivity (Wildman–Crippen MR) is 56.5 cm³/mol. The summed E-state index contributed by atoms with van der Waals surface area (Å²) in [5.41, 5.74) is 0. The van der Waals surface area contributed by atoms with E-state index in [0.717, 1.165) is 0 Å². The molecule has 0 fully saturated rings. The smallest absolute Gasteiger partial charge is 0.312 e. The van der Waals surface area contributed by atoms with Crippen LogP contribution in [0.2, 0.25) is 0 Å². The second-order valence-corrected chi connectivity index (χ2v) is 3.66. The standard InChI is InChI=1S/C9H15NO9/c11-2-3(12)6(16)7(17)8(18)9(19)10-4(13)1-5(14)15/h3,6-8,11-12,16-18H,1-2H2,(H,14,15)(H,10,13,19)/t3-,6+,7+,8-/m1/s1. The van der Waals surface area contributed by atoms with Crippen molar-refractivity contribution in [2.45, 2.75) is 30.8 Å². The van der Waals surface area contributed by atoms with Crippen LogP contribution in [0.3, 0.4) is 0 Å². The predicted octanol–water partition coefficient (Wildman–Crippen LogP) is -4.46. The Balaban J connectivity index is 4.47. The van der Waals surface area contributed by atoms with Crippen LogP contribution in [-0.4, -0.2) is 79.4 Å². The lowest BCUT2D eigenvalue weighted by molar-refractivity contribution is -0.151. The molecule has 0 unspecified atom stereocenters. The van der Waals surface area contributed by atoms with E-state index >= 15 is 0 Å². The van der Waals surface area contributed by atoms with Crippen molar-refractivity contribution in [1.82, 2.24) is 5.32 Å². The molecule has 0 aromatic carbocycles. The first-order chi connectivity index (χ1) is 8.70. The second-order valence-electron chi connectivity index (χ2n) is 3.66. The lowest BCUT2D eigenvalue weighted by atomic mass is 10.0. The fraction of sp³-hybridized carbons (Fsp3) is 0.667. The summed E-state index contributed by atoms with van der Waals surface area (Å²) >= 11 is 0. The molecule has 0 aliphatic rings. The minimum absolute atomic E-state index is 0.926. The van der Waals surface area contributed by atoms with Gasteiger partial charge in [-0.25, -0.2) is 0 Å². The molecule has 0 radical (unpaired) electrons. The van der Waals surface area contributed by atoms with Crippen molar-refractivity contribution in [3.63, 3.8) is 0 Å². The maximum absolute atomic E-state index is 11.2. The van der Waals surface area contributed by atoms with Gasteiger partial charge in [0.15, 0.2) is 6.10 Å². The Labute approximate surface area is 106 Å². The molecule has 2 amide bonds. The van der Waals surface area contributed by atoms with Gasteiger partial charge in [-0.3, -0.25) is 19.7 Å². The van der Waals surface area contributed by atoms with E-state index in [4.69, 9.17) is 15.3 Å². The molecular weight excluding hydrogens is 266 g/mol. The molecule has 0 spiro atoms. The zero-order valence-corrected chi connectivity index (χ0v) is 9.63. The maximum atomic E-state index is 11.2. The first-order valence-electron chi connectivity index (χ1n) is 5.09. The van der Waals surface area contributed by atoms with Crippen molar-refractivity contribution in [3.05, 3.63) is 0 Å². The molecule has 10 nitrogen and oxygen atoms in total. The molecule has 19 heavy (non-hydrogen) atoms. The highest BCUT2D eigenvalue weighted by Crippen LogP contribution is 2.05. The van der Waals surface area contributed by atoms with Crippen LogP contribution >= 0.6 is 0 Å². The quantitative estimate of drug-likeness (QED) is 0.226. The number of aliphatic carboxylic acids is 1. The van der Waals surface area contributed by atoms with Crippen molar-refractivity contribution in [2.75, 3.05) is 6.61 Å². The van der Waals surface area contributed by atoms with Crippen molar-refractivity contribution in [3.8, 4) is 0 Å². The van der Waals surface area contributed by atoms with E-state index < -0.39 is 55.2 Å². The van der Waals surface area contributed by atoms with Gasteiger partial charge in [-0.15, -0.1) is 0 Å². The highest BCUT2D eigenvalue weighted by molar-refractivity contribution is 6.03. The van der Waals surface area contributed by atoms with Gasteiger partial charge in [-0.1, -0.05) is 0 Å². The first kappa shape index (κ1) is 17.4. The molecular formula is C9H15NO9. The van der Waals surface area contributed by atoms with Gasteiger partial charge >= 0.3 is 5.97 Å². The number of carbonyl (C=O) groups is 3. The number of hydrogen-bond acceptors (Lipinski definition) is 8. The minimum Gasteiger partial charge on any atom is -0.481 e. The van der Waals surface area contributed by atoms with Gasteiger partial charge in [0.2, 0.25) is 5.91 Å². The molecule has 0 bridgehead atoms. The van der Waals surface area contributed by atoms with E-state index in [2.05, 4.69) is 0 Å². The average molecular weight is 281 g/mol. The summed E-state index contributed by atoms with van der Waals surface area (Å²) in [6.07, 6.45) is -9.29. The molecule has 0 saturated heterocycles. The number of carboxylic acids is 1. The van der Waals surface area contributed by atoms with Gasteiger partial charge in [-0.2, -0.15) is 0 Å². The number of aliphatic hydroxyl groups is 5. The van der Waals surface area contributed by atoms with E-state index in [9.17, 15) is 29.7 Å². The van der Waals surface area contributed by atoms with E-state index in [-0.39, 0.29) is 0 Å². The topological polar surface area (TPSA) is 185 Å². The van der Waals surface area contributed by atoms with E-state index in [1.807, 2.05) is 0 Å². The molecule has 7 N–H and O–H groups in total. The highest BCUT2D eigenvalue weighted by Gasteiger charge is 2.34. The molecule has 0 saturated carbocycles. The van der Waals surface area contributed by atoms with E-state index in [1.54, 1.807) is 0 Å². The summed E-state index contributed by atoms with van der Waals surface area (Å²) in [4.78, 5) is 32.2. The maximum Gasteiger partial charge on any atom is 0.312 e. The van der Waals surface area contributed by atoms with Crippen LogP contribution in [0, 0.1) is 0 Å². The number of amides is 2. The molecule has 0 heterocycles. The SMILES string of the molecule is O=C(O)CC(=O)NC(=O)[C@H](O)[C@@H](O)[C@@H](O)[C@H](O)CO. The van der Waals surface area contributed by atoms with Gasteiger partial charge in [0.05, 0.1) is 6.61 Å². The Morgan fingerprint density at radius 2 is 1.53 bits per heavy atom. The van der Waals surface area contributed by atoms with Crippen LogP contribution in [0.1, 0.15) is 6.42 Å². The van der Waals surface area contributed by atoms with Crippen LogP contribution in [0.25, 0.3) is 0 Å². The van der Waals surface area contributed by atoms with Gasteiger partial charge < -0.3 is 30.6 Å². The Kier molecular flexibility index (Phi) is 7.11. The van der Waals surface area contributed by atoms with E-state index in [1.165, 1.54) is 5.32 Å². The summed E-state index contributed by atoms with van der Waals surface area (Å²) in [6.45, 7) is -0.926. The normalized spacial score (nSPS) is 17.1. The Morgan fingerprint density at radius 3 is 1.95 bits per heavy atom. The minimum atomic E-state index is -2.28. The average Bonchev–Trinajstić information content (AvgIpc) is 2.33. The van der Waals surface area contributed by atoms with Crippen LogP contribution < -0.4 is 5.32 Å². The number of hydrogen-bond donors (Lipinski definition) is 7. The van der Waals surface area contributed by atoms with Crippen LogP contribution in [0.15, 0.2) is 0 Å². The number of imide groups is 1. The molecule has 0 rings (SSSR count). The Bertz CT molecular complexity index is 345. The van der Waals surface area contributed by atoms with Crippen molar-refractivity contribution in [1.29, 1.82) is 0 Å². The molecule has 0 aliphatic heterocycles. The van der Waals surface area contributed by atoms with Gasteiger partial charge in [-0.05, 0) is 0 Å². The van der Waals surface area contributed by atoms with Crippen LogP contribution in [0.4, 0.5) is 0 Å². The summed E-state index contributed by atoms with van der Waals surface area (Å²) in [7, 11) is 0. The second kappa shape index (κ2) is 7.76. The lowest BCUT2D eigenvalue weighted by Crippen LogP contribution is -2.52. The van der Waals surface area contributed by atoms with Gasteiger partial charge in [0, 0.05) is 0 Å². The molecule has 0 aliphatic carbocycles. The zero-order valence-electron chi connectivity index (χ0n) is 9.63. The summed E-state index contributed by atoms with van der Waals surface area (Å²) in [5.74, 6) is -4.17. The number of nitrogens with one attached hydrogen (secondary N) is 1. The van der Waals surface area contributed by atoms with Crippen molar-refractivity contribution in [2.24, 2.45) is 0 Å². The number of carbonyl (C=O) groups excluding carboxylic acids is 2. The van der Waals surface area contributed by atoms with Gasteiger partial charge in [0.1, 0.15) is 24.7 Å². The van der Waals surface area contributed by atoms with Crippen LogP contribution in [-0.2, 0) is 14.4 Å². The lowest BCUT2D eigenvalue weighted by Gasteiger charge is -2.24. The third kappa shape index (κ3) is 5.72. The zero-order chi connectivity index (χ0) is 15.2. The number of carboxylic acid groups (broad SMARTS) is 1. The fourth-order valence-corrected chi connectivity index (χ4v) is 1.07. The fourth-order valence-electron chi connectivity index (χ4n) is 1.07. The summed E-state index contributed by atoms with van der Waals surface area (Å²) in [6, 6.07) is 0. The molecule has 0 aromatic heterocycles. The summed E-state index contributed by atoms with van der Waals surface area (Å²) < 4.78 is 0.